The van der Waals surface area contributed by atoms with E-state index >= 15 is 0 Å². The van der Waals surface area contributed by atoms with E-state index in [1.54, 1.807) is 6.07 Å². The van der Waals surface area contributed by atoms with Crippen LogP contribution < -0.4 is 10.2 Å². The smallest absolute Gasteiger partial charge is 0.0992 e. The van der Waals surface area contributed by atoms with Crippen LogP contribution in [0, 0.1) is 25.2 Å². The molecule has 3 aromatic rings. The Labute approximate surface area is 180 Å². The monoisotopic (exact) mass is 415 g/mol. The molecule has 0 spiro atoms. The van der Waals surface area contributed by atoms with Crippen molar-refractivity contribution in [2.75, 3.05) is 18.0 Å². The lowest BCUT2D eigenvalue weighted by Gasteiger charge is -2.34. The summed E-state index contributed by atoms with van der Waals surface area (Å²) in [5.74, 6) is 0. The Hall–Kier alpha value is -2.94. The molecule has 4 rings (SSSR count). The minimum Gasteiger partial charge on any atom is -0.339 e. The highest BCUT2D eigenvalue weighted by Crippen LogP contribution is 2.44. The van der Waals surface area contributed by atoms with Crippen LogP contribution in [0.2, 0.25) is 0 Å². The topological polar surface area (TPSA) is 56.1 Å². The van der Waals surface area contributed by atoms with E-state index in [0.717, 1.165) is 52.8 Å². The molecule has 1 heterocycles. The van der Waals surface area contributed by atoms with Crippen LogP contribution in [0.4, 0.5) is 11.4 Å². The highest BCUT2D eigenvalue weighted by molar-refractivity contribution is 7.85. The molecule has 3 aromatic carbocycles. The van der Waals surface area contributed by atoms with Crippen LogP contribution in [0.15, 0.2) is 70.5 Å². The Kier molecular flexibility index (Phi) is 5.98. The predicted octanol–water partition coefficient (Wildman–Crippen LogP) is 4.97. The van der Waals surface area contributed by atoms with Gasteiger partial charge in [0.2, 0.25) is 0 Å². The quantitative estimate of drug-likeness (QED) is 0.577. The maximum absolute atomic E-state index is 13.3. The van der Waals surface area contributed by atoms with Gasteiger partial charge in [0.05, 0.1) is 43.6 Å². The average molecular weight is 416 g/mol. The summed E-state index contributed by atoms with van der Waals surface area (Å²) >= 11 is 0. The first kappa shape index (κ1) is 20.3. The number of nitrogens with one attached hydrogen (secondary N) is 1. The van der Waals surface area contributed by atoms with Crippen molar-refractivity contribution in [3.63, 3.8) is 0 Å². The zero-order chi connectivity index (χ0) is 21.1. The van der Waals surface area contributed by atoms with E-state index in [9.17, 15) is 9.47 Å². The Morgan fingerprint density at radius 1 is 1.03 bits per heavy atom. The Morgan fingerprint density at radius 2 is 1.83 bits per heavy atom. The van der Waals surface area contributed by atoms with Crippen LogP contribution in [0.1, 0.15) is 28.7 Å². The number of rotatable bonds is 6. The molecule has 1 aliphatic heterocycles. The van der Waals surface area contributed by atoms with Gasteiger partial charge in [0, 0.05) is 13.1 Å². The van der Waals surface area contributed by atoms with E-state index in [1.165, 1.54) is 11.1 Å². The van der Waals surface area contributed by atoms with Crippen LogP contribution in [0.5, 0.6) is 0 Å². The van der Waals surface area contributed by atoms with E-state index in [4.69, 9.17) is 0 Å². The lowest BCUT2D eigenvalue weighted by atomic mass is 10.1. The van der Waals surface area contributed by atoms with Gasteiger partial charge in [0.25, 0.3) is 0 Å². The van der Waals surface area contributed by atoms with Crippen molar-refractivity contribution in [3.05, 3.63) is 82.9 Å². The first-order chi connectivity index (χ1) is 14.6. The van der Waals surface area contributed by atoms with Crippen molar-refractivity contribution in [1.29, 1.82) is 5.26 Å². The number of anilines is 2. The Morgan fingerprint density at radius 3 is 2.60 bits per heavy atom. The largest absolute Gasteiger partial charge is 0.339 e. The molecule has 0 aromatic heterocycles. The van der Waals surface area contributed by atoms with E-state index in [-0.39, 0.29) is 0 Å². The van der Waals surface area contributed by atoms with E-state index < -0.39 is 10.8 Å². The molecule has 5 heteroatoms. The fourth-order valence-electron chi connectivity index (χ4n) is 3.88. The summed E-state index contributed by atoms with van der Waals surface area (Å²) < 4.78 is 13.3. The molecular weight excluding hydrogens is 390 g/mol. The van der Waals surface area contributed by atoms with Crippen LogP contribution in [-0.4, -0.2) is 17.3 Å². The van der Waals surface area contributed by atoms with E-state index in [0.29, 0.717) is 5.56 Å². The summed E-state index contributed by atoms with van der Waals surface area (Å²) in [4.78, 5) is 3.83. The van der Waals surface area contributed by atoms with Gasteiger partial charge in [-0.15, -0.1) is 0 Å². The molecule has 152 valence electrons. The zero-order valence-electron chi connectivity index (χ0n) is 17.3. The molecule has 1 atom stereocenters. The van der Waals surface area contributed by atoms with Gasteiger partial charge in [-0.2, -0.15) is 5.26 Å². The second kappa shape index (κ2) is 8.83. The molecule has 1 aliphatic rings. The van der Waals surface area contributed by atoms with Crippen molar-refractivity contribution in [2.24, 2.45) is 0 Å². The molecule has 0 amide bonds. The summed E-state index contributed by atoms with van der Waals surface area (Å²) in [6, 6.07) is 22.1. The minimum absolute atomic E-state index is 0.541. The van der Waals surface area contributed by atoms with Crippen molar-refractivity contribution in [1.82, 2.24) is 5.32 Å². The highest BCUT2D eigenvalue weighted by atomic mass is 32.2. The summed E-state index contributed by atoms with van der Waals surface area (Å²) in [6.07, 6.45) is 0.950. The molecule has 0 fully saturated rings. The van der Waals surface area contributed by atoms with Crippen LogP contribution in [0.25, 0.3) is 0 Å². The number of hydrogen-bond donors (Lipinski definition) is 1. The van der Waals surface area contributed by atoms with Gasteiger partial charge >= 0.3 is 0 Å². The van der Waals surface area contributed by atoms with Gasteiger partial charge in [-0.05, 0) is 67.8 Å². The number of nitriles is 1. The van der Waals surface area contributed by atoms with Crippen molar-refractivity contribution >= 4 is 22.2 Å². The third-order valence-corrected chi connectivity index (χ3v) is 7.08. The van der Waals surface area contributed by atoms with Gasteiger partial charge in [-0.1, -0.05) is 36.4 Å². The SMILES string of the molecule is Cc1ccc2c(c1C)N(CCCNCc1ccccc1)c1ccc(C#N)cc1S2=O. The molecule has 0 saturated heterocycles. The summed E-state index contributed by atoms with van der Waals surface area (Å²) in [5.41, 5.74) is 6.16. The van der Waals surface area contributed by atoms with E-state index in [2.05, 4.69) is 54.4 Å². The van der Waals surface area contributed by atoms with Crippen LogP contribution in [0.3, 0.4) is 0 Å². The van der Waals surface area contributed by atoms with Crippen LogP contribution in [-0.2, 0) is 17.3 Å². The maximum atomic E-state index is 13.3. The number of nitrogens with zero attached hydrogens (tertiary/aromatic N) is 2. The second-order valence-corrected chi connectivity index (χ2v) is 9.00. The number of hydrogen-bond acceptors (Lipinski definition) is 4. The van der Waals surface area contributed by atoms with Gasteiger partial charge in [0.1, 0.15) is 0 Å². The Bertz CT molecular complexity index is 1140. The normalized spacial score (nSPS) is 14.7. The molecule has 1 N–H and O–H groups in total. The molecule has 1 unspecified atom stereocenters. The zero-order valence-corrected chi connectivity index (χ0v) is 18.1. The molecular formula is C25H25N3OS. The number of benzene rings is 3. The highest BCUT2D eigenvalue weighted by Gasteiger charge is 2.30. The van der Waals surface area contributed by atoms with Crippen molar-refractivity contribution in [3.8, 4) is 6.07 Å². The minimum atomic E-state index is -1.28. The summed E-state index contributed by atoms with van der Waals surface area (Å²) in [5, 5.41) is 12.8. The molecule has 0 aliphatic carbocycles. The second-order valence-electron chi connectivity index (χ2n) is 7.58. The first-order valence-electron chi connectivity index (χ1n) is 10.2. The maximum Gasteiger partial charge on any atom is 0.0992 e. The molecule has 4 nitrogen and oxygen atoms in total. The summed E-state index contributed by atoms with van der Waals surface area (Å²) in [7, 11) is -1.28. The lowest BCUT2D eigenvalue weighted by molar-refractivity contribution is 0.646. The van der Waals surface area contributed by atoms with Gasteiger partial charge in [-0.3, -0.25) is 0 Å². The molecule has 0 saturated carbocycles. The average Bonchev–Trinajstić information content (AvgIpc) is 2.78. The summed E-state index contributed by atoms with van der Waals surface area (Å²) in [6.45, 7) is 6.74. The molecule has 0 bridgehead atoms. The van der Waals surface area contributed by atoms with Crippen LogP contribution >= 0.6 is 0 Å². The van der Waals surface area contributed by atoms with Crippen molar-refractivity contribution < 1.29 is 4.21 Å². The third kappa shape index (κ3) is 3.89. The fourth-order valence-corrected chi connectivity index (χ4v) is 5.35. The van der Waals surface area contributed by atoms with E-state index in [1.807, 2.05) is 30.3 Å². The van der Waals surface area contributed by atoms with Crippen molar-refractivity contribution in [2.45, 2.75) is 36.6 Å². The molecule has 30 heavy (non-hydrogen) atoms. The Balaban J connectivity index is 1.57. The third-order valence-electron chi connectivity index (χ3n) is 5.62. The predicted molar refractivity (Wildman–Crippen MR) is 122 cm³/mol. The van der Waals surface area contributed by atoms with Gasteiger partial charge in [0.15, 0.2) is 0 Å². The molecule has 0 radical (unpaired) electrons. The van der Waals surface area contributed by atoms with Gasteiger partial charge in [-0.25, -0.2) is 4.21 Å². The standard InChI is InChI=1S/C25H25N3OS/c1-18-9-12-23-25(19(18)2)28(14-6-13-27-17-20-7-4-3-5-8-20)22-11-10-21(16-26)15-24(22)30(23)29/h3-5,7-12,15,27H,6,13-14,17H2,1-2H3. The fraction of sp³-hybridized carbons (Fsp3) is 0.240. The number of aryl methyl sites for hydroxylation is 1. The lowest BCUT2D eigenvalue weighted by Crippen LogP contribution is -2.28. The van der Waals surface area contributed by atoms with Gasteiger partial charge < -0.3 is 10.2 Å². The first-order valence-corrected chi connectivity index (χ1v) is 11.3. The number of fused-ring (bicyclic) bond motifs is 2.